The normalized spacial score (nSPS) is 17.6. The minimum atomic E-state index is -0.707. The van der Waals surface area contributed by atoms with Gasteiger partial charge >= 0.3 is 0 Å². The monoisotopic (exact) mass is 203 g/mol. The molecule has 14 heavy (non-hydrogen) atoms. The van der Waals surface area contributed by atoms with Crippen molar-refractivity contribution >= 4 is 0 Å². The Hall–Kier alpha value is -0.120. The Morgan fingerprint density at radius 2 is 1.64 bits per heavy atom. The lowest BCUT2D eigenvalue weighted by molar-refractivity contribution is -0.0441. The maximum Gasteiger partial charge on any atom is 0.0768 e. The summed E-state index contributed by atoms with van der Waals surface area (Å²) in [5, 5.41) is 19.3. The van der Waals surface area contributed by atoms with Gasteiger partial charge in [0.1, 0.15) is 0 Å². The van der Waals surface area contributed by atoms with Gasteiger partial charge in [0.05, 0.1) is 12.2 Å². The van der Waals surface area contributed by atoms with Gasteiger partial charge in [-0.15, -0.1) is 0 Å². The third-order valence-corrected chi connectivity index (χ3v) is 3.22. The largest absolute Gasteiger partial charge is 0.394 e. The van der Waals surface area contributed by atoms with E-state index in [1.54, 1.807) is 0 Å². The van der Waals surface area contributed by atoms with E-state index in [0.717, 1.165) is 0 Å². The average molecular weight is 203 g/mol. The van der Waals surface area contributed by atoms with Crippen LogP contribution >= 0.6 is 0 Å². The molecule has 1 atom stereocenters. The van der Waals surface area contributed by atoms with Crippen molar-refractivity contribution in [2.45, 2.75) is 45.8 Å². The lowest BCUT2D eigenvalue weighted by Crippen LogP contribution is -2.52. The quantitative estimate of drug-likeness (QED) is 0.703. The molecule has 0 spiro atoms. The number of hydrogen-bond acceptors (Lipinski definition) is 3. The van der Waals surface area contributed by atoms with E-state index >= 15 is 0 Å². The zero-order valence-electron chi connectivity index (χ0n) is 10.3. The van der Waals surface area contributed by atoms with Crippen molar-refractivity contribution in [3.63, 3.8) is 0 Å². The molecule has 0 rings (SSSR count). The predicted molar refractivity (Wildman–Crippen MR) is 59.3 cm³/mol. The Balaban J connectivity index is 4.39. The van der Waals surface area contributed by atoms with E-state index in [2.05, 4.69) is 0 Å². The highest BCUT2D eigenvalue weighted by molar-refractivity contribution is 4.86. The van der Waals surface area contributed by atoms with Gasteiger partial charge in [0.15, 0.2) is 0 Å². The first-order chi connectivity index (χ1) is 6.13. The molecule has 1 unspecified atom stereocenters. The fourth-order valence-electron chi connectivity index (χ4n) is 0.997. The highest BCUT2D eigenvalue weighted by Crippen LogP contribution is 2.21. The van der Waals surface area contributed by atoms with Crippen LogP contribution in [0.1, 0.15) is 34.6 Å². The molecule has 0 bridgehead atoms. The molecule has 0 aromatic carbocycles. The first kappa shape index (κ1) is 13.9. The van der Waals surface area contributed by atoms with Crippen LogP contribution in [0.3, 0.4) is 0 Å². The first-order valence-electron chi connectivity index (χ1n) is 5.18. The maximum atomic E-state index is 10.1. The summed E-state index contributed by atoms with van der Waals surface area (Å²) >= 11 is 0. The predicted octanol–water partition coefficient (Wildman–Crippen LogP) is 1.10. The van der Waals surface area contributed by atoms with Crippen LogP contribution in [0, 0.1) is 5.92 Å². The first-order valence-corrected chi connectivity index (χ1v) is 5.18. The SMILES string of the molecule is CC(C)C(C)(O)CN(C)C(C)(C)CO. The number of aliphatic hydroxyl groups excluding tert-OH is 1. The van der Waals surface area contributed by atoms with Crippen LogP contribution in [-0.4, -0.2) is 46.5 Å². The topological polar surface area (TPSA) is 43.7 Å². The molecule has 0 saturated heterocycles. The molecule has 0 saturated carbocycles. The molecule has 0 aliphatic carbocycles. The van der Waals surface area contributed by atoms with E-state index in [0.29, 0.717) is 6.54 Å². The summed E-state index contributed by atoms with van der Waals surface area (Å²) in [6.45, 7) is 10.4. The van der Waals surface area contributed by atoms with Gasteiger partial charge in [-0.3, -0.25) is 4.90 Å². The van der Waals surface area contributed by atoms with E-state index in [9.17, 15) is 10.2 Å². The summed E-state index contributed by atoms with van der Waals surface area (Å²) in [6.07, 6.45) is 0. The molecule has 0 radical (unpaired) electrons. The fourth-order valence-corrected chi connectivity index (χ4v) is 0.997. The van der Waals surface area contributed by atoms with E-state index in [1.807, 2.05) is 46.6 Å². The number of likely N-dealkylation sites (N-methyl/N-ethyl adjacent to an activating group) is 1. The van der Waals surface area contributed by atoms with E-state index in [-0.39, 0.29) is 18.1 Å². The molecular weight excluding hydrogens is 178 g/mol. The number of aliphatic hydroxyl groups is 2. The van der Waals surface area contributed by atoms with Gasteiger partial charge in [-0.1, -0.05) is 13.8 Å². The zero-order valence-corrected chi connectivity index (χ0v) is 10.3. The summed E-state index contributed by atoms with van der Waals surface area (Å²) in [7, 11) is 1.92. The van der Waals surface area contributed by atoms with Gasteiger partial charge in [-0.25, -0.2) is 0 Å². The van der Waals surface area contributed by atoms with Crippen molar-refractivity contribution in [2.24, 2.45) is 5.92 Å². The van der Waals surface area contributed by atoms with Crippen LogP contribution in [-0.2, 0) is 0 Å². The van der Waals surface area contributed by atoms with E-state index < -0.39 is 5.60 Å². The highest BCUT2D eigenvalue weighted by Gasteiger charge is 2.32. The fraction of sp³-hybridized carbons (Fsp3) is 1.00. The second-order valence-electron chi connectivity index (χ2n) is 5.34. The summed E-state index contributed by atoms with van der Waals surface area (Å²) in [4.78, 5) is 1.99. The maximum absolute atomic E-state index is 10.1. The zero-order chi connectivity index (χ0) is 11.6. The van der Waals surface area contributed by atoms with Crippen molar-refractivity contribution < 1.29 is 10.2 Å². The molecule has 0 aromatic rings. The molecule has 86 valence electrons. The smallest absolute Gasteiger partial charge is 0.0768 e. The Morgan fingerprint density at radius 3 is 1.93 bits per heavy atom. The third-order valence-electron chi connectivity index (χ3n) is 3.22. The van der Waals surface area contributed by atoms with Crippen molar-refractivity contribution in [1.82, 2.24) is 4.90 Å². The minimum Gasteiger partial charge on any atom is -0.394 e. The highest BCUT2D eigenvalue weighted by atomic mass is 16.3. The van der Waals surface area contributed by atoms with Crippen LogP contribution in [0.4, 0.5) is 0 Å². The van der Waals surface area contributed by atoms with E-state index in [4.69, 9.17) is 0 Å². The lowest BCUT2D eigenvalue weighted by atomic mass is 9.90. The van der Waals surface area contributed by atoms with Crippen LogP contribution in [0.2, 0.25) is 0 Å². The van der Waals surface area contributed by atoms with Crippen LogP contribution in [0.25, 0.3) is 0 Å². The average Bonchev–Trinajstić information content (AvgIpc) is 2.03. The Labute approximate surface area is 87.7 Å². The number of hydrogen-bond donors (Lipinski definition) is 2. The molecular formula is C11H25NO2. The number of β-amino-alcohol motifs (C(OH)–C–C–N with tert-alkyl or cyclic N) is 1. The van der Waals surface area contributed by atoms with Gasteiger partial charge in [0.2, 0.25) is 0 Å². The van der Waals surface area contributed by atoms with Crippen molar-refractivity contribution in [3.05, 3.63) is 0 Å². The van der Waals surface area contributed by atoms with Crippen molar-refractivity contribution in [1.29, 1.82) is 0 Å². The van der Waals surface area contributed by atoms with Crippen molar-refractivity contribution in [3.8, 4) is 0 Å². The third kappa shape index (κ3) is 3.56. The Kier molecular flexibility index (Phi) is 4.56. The summed E-state index contributed by atoms with van der Waals surface area (Å²) in [6, 6.07) is 0. The summed E-state index contributed by atoms with van der Waals surface area (Å²) < 4.78 is 0. The molecule has 0 aliphatic rings. The molecule has 0 aromatic heterocycles. The molecule has 3 heteroatoms. The Morgan fingerprint density at radius 1 is 1.21 bits per heavy atom. The molecule has 0 amide bonds. The molecule has 3 nitrogen and oxygen atoms in total. The second kappa shape index (κ2) is 4.60. The molecule has 0 aliphatic heterocycles. The molecule has 0 heterocycles. The van der Waals surface area contributed by atoms with Gasteiger partial charge in [-0.05, 0) is 33.7 Å². The number of nitrogens with zero attached hydrogens (tertiary/aromatic N) is 1. The van der Waals surface area contributed by atoms with Gasteiger partial charge in [0, 0.05) is 12.1 Å². The van der Waals surface area contributed by atoms with Crippen LogP contribution in [0.15, 0.2) is 0 Å². The standard InChI is InChI=1S/C11H25NO2/c1-9(2)11(5,14)7-12(6)10(3,4)8-13/h9,13-14H,7-8H2,1-6H3. The lowest BCUT2D eigenvalue weighted by Gasteiger charge is -2.40. The minimum absolute atomic E-state index is 0.0949. The van der Waals surface area contributed by atoms with Gasteiger partial charge in [-0.2, -0.15) is 0 Å². The number of rotatable bonds is 5. The van der Waals surface area contributed by atoms with Crippen LogP contribution < -0.4 is 0 Å². The van der Waals surface area contributed by atoms with Gasteiger partial charge < -0.3 is 10.2 Å². The van der Waals surface area contributed by atoms with Crippen LogP contribution in [0.5, 0.6) is 0 Å². The molecule has 2 N–H and O–H groups in total. The van der Waals surface area contributed by atoms with Crippen molar-refractivity contribution in [2.75, 3.05) is 20.2 Å². The Bertz CT molecular complexity index is 176. The second-order valence-corrected chi connectivity index (χ2v) is 5.34. The molecule has 0 fully saturated rings. The summed E-state index contributed by atoms with van der Waals surface area (Å²) in [5.74, 6) is 0.208. The summed E-state index contributed by atoms with van der Waals surface area (Å²) in [5.41, 5.74) is -0.986. The van der Waals surface area contributed by atoms with E-state index in [1.165, 1.54) is 0 Å². The van der Waals surface area contributed by atoms with Gasteiger partial charge in [0.25, 0.3) is 0 Å².